The van der Waals surface area contributed by atoms with Crippen LogP contribution in [0.5, 0.6) is 0 Å². The summed E-state index contributed by atoms with van der Waals surface area (Å²) in [5, 5.41) is 6.43. The molecule has 0 bridgehead atoms. The van der Waals surface area contributed by atoms with Crippen LogP contribution in [0.3, 0.4) is 0 Å². The molecule has 7 nitrogen and oxygen atoms in total. The van der Waals surface area contributed by atoms with Gasteiger partial charge in [-0.15, -0.1) is 0 Å². The maximum atomic E-state index is 11.7. The summed E-state index contributed by atoms with van der Waals surface area (Å²) in [7, 11) is 3.48. The Morgan fingerprint density at radius 3 is 2.59 bits per heavy atom. The van der Waals surface area contributed by atoms with Crippen molar-refractivity contribution in [2.75, 3.05) is 53.4 Å². The summed E-state index contributed by atoms with van der Waals surface area (Å²) in [6.45, 7) is 7.66. The van der Waals surface area contributed by atoms with E-state index in [2.05, 4.69) is 50.9 Å². The smallest absolute Gasteiger partial charge is 0.243 e. The molecular formula is C22H37N5O2. The van der Waals surface area contributed by atoms with E-state index in [9.17, 15) is 4.79 Å². The molecule has 1 aliphatic rings. The quantitative estimate of drug-likeness (QED) is 0.354. The van der Waals surface area contributed by atoms with Crippen LogP contribution in [-0.4, -0.2) is 81.2 Å². The van der Waals surface area contributed by atoms with Gasteiger partial charge in [0.15, 0.2) is 5.96 Å². The zero-order valence-corrected chi connectivity index (χ0v) is 18.2. The van der Waals surface area contributed by atoms with Gasteiger partial charge in [-0.25, -0.2) is 4.99 Å². The first-order valence-corrected chi connectivity index (χ1v) is 10.7. The Bertz CT molecular complexity index is 613. The summed E-state index contributed by atoms with van der Waals surface area (Å²) in [6.07, 6.45) is 3.46. The molecule has 0 saturated carbocycles. The van der Waals surface area contributed by atoms with Gasteiger partial charge < -0.3 is 20.3 Å². The van der Waals surface area contributed by atoms with Crippen LogP contribution in [0.15, 0.2) is 35.3 Å². The number of ether oxygens (including phenoxy) is 1. The van der Waals surface area contributed by atoms with Crippen LogP contribution < -0.4 is 10.6 Å². The highest BCUT2D eigenvalue weighted by atomic mass is 16.5. The molecule has 2 N–H and O–H groups in total. The Kier molecular flexibility index (Phi) is 10.5. The largest absolute Gasteiger partial charge is 0.378 e. The lowest BCUT2D eigenvalue weighted by molar-refractivity contribution is -0.127. The minimum atomic E-state index is -0.0101. The average molecular weight is 404 g/mol. The predicted octanol–water partition coefficient (Wildman–Crippen LogP) is 1.70. The van der Waals surface area contributed by atoms with E-state index in [0.717, 1.165) is 58.6 Å². The maximum Gasteiger partial charge on any atom is 0.243 e. The van der Waals surface area contributed by atoms with E-state index in [4.69, 9.17) is 4.74 Å². The minimum absolute atomic E-state index is 0.0101. The number of carbonyl (C=O) groups is 1. The van der Waals surface area contributed by atoms with E-state index < -0.39 is 0 Å². The van der Waals surface area contributed by atoms with Gasteiger partial charge in [-0.2, -0.15) is 0 Å². The number of piperidine rings is 1. The van der Waals surface area contributed by atoms with Crippen molar-refractivity contribution in [1.29, 1.82) is 0 Å². The molecular weight excluding hydrogens is 366 g/mol. The van der Waals surface area contributed by atoms with Crippen LogP contribution in [0.2, 0.25) is 0 Å². The second-order valence-electron chi connectivity index (χ2n) is 7.60. The van der Waals surface area contributed by atoms with Crippen molar-refractivity contribution in [2.45, 2.75) is 38.8 Å². The van der Waals surface area contributed by atoms with Gasteiger partial charge in [0.2, 0.25) is 5.91 Å². The number of amides is 1. The van der Waals surface area contributed by atoms with Crippen molar-refractivity contribution in [3.63, 3.8) is 0 Å². The van der Waals surface area contributed by atoms with E-state index in [1.165, 1.54) is 5.56 Å². The number of carbonyl (C=O) groups excluding carboxylic acids is 1. The van der Waals surface area contributed by atoms with Crippen LogP contribution in [0.1, 0.15) is 31.7 Å². The normalized spacial score (nSPS) is 15.9. The molecule has 2 rings (SSSR count). The van der Waals surface area contributed by atoms with Gasteiger partial charge in [0.1, 0.15) is 6.54 Å². The lowest BCUT2D eigenvalue weighted by Crippen LogP contribution is -2.39. The fourth-order valence-electron chi connectivity index (χ4n) is 3.23. The van der Waals surface area contributed by atoms with Crippen molar-refractivity contribution in [3.05, 3.63) is 35.9 Å². The molecule has 29 heavy (non-hydrogen) atoms. The first-order chi connectivity index (χ1) is 14.1. The van der Waals surface area contributed by atoms with E-state index in [1.807, 2.05) is 6.92 Å². The topological polar surface area (TPSA) is 69.2 Å². The molecule has 1 aromatic rings. The van der Waals surface area contributed by atoms with Gasteiger partial charge in [-0.3, -0.25) is 9.69 Å². The molecule has 0 unspecified atom stereocenters. The Hall–Kier alpha value is -2.12. The number of guanidine groups is 1. The summed E-state index contributed by atoms with van der Waals surface area (Å²) in [5.74, 6) is 0.668. The summed E-state index contributed by atoms with van der Waals surface area (Å²) < 4.78 is 6.07. The van der Waals surface area contributed by atoms with Crippen molar-refractivity contribution in [1.82, 2.24) is 20.4 Å². The van der Waals surface area contributed by atoms with Crippen molar-refractivity contribution >= 4 is 11.9 Å². The van der Waals surface area contributed by atoms with Gasteiger partial charge in [0.25, 0.3) is 0 Å². The Labute approximate surface area is 175 Å². The number of hydrogen-bond donors (Lipinski definition) is 2. The molecule has 0 spiro atoms. The molecule has 162 valence electrons. The molecule has 0 atom stereocenters. The highest BCUT2D eigenvalue weighted by Crippen LogP contribution is 2.16. The number of likely N-dealkylation sites (tertiary alicyclic amines) is 1. The van der Waals surface area contributed by atoms with Gasteiger partial charge in [-0.1, -0.05) is 30.3 Å². The number of benzene rings is 1. The number of hydrogen-bond acceptors (Lipinski definition) is 4. The molecule has 1 amide bonds. The minimum Gasteiger partial charge on any atom is -0.378 e. The number of nitrogens with zero attached hydrogens (tertiary/aromatic N) is 3. The van der Waals surface area contributed by atoms with Gasteiger partial charge >= 0.3 is 0 Å². The van der Waals surface area contributed by atoms with E-state index in [-0.39, 0.29) is 12.5 Å². The van der Waals surface area contributed by atoms with Crippen molar-refractivity contribution in [2.24, 2.45) is 4.99 Å². The molecule has 0 aliphatic carbocycles. The summed E-state index contributed by atoms with van der Waals surface area (Å²) >= 11 is 0. The van der Waals surface area contributed by atoms with Crippen molar-refractivity contribution in [3.8, 4) is 0 Å². The predicted molar refractivity (Wildman–Crippen MR) is 118 cm³/mol. The van der Waals surface area contributed by atoms with Crippen LogP contribution in [0.4, 0.5) is 0 Å². The van der Waals surface area contributed by atoms with E-state index in [0.29, 0.717) is 12.1 Å². The molecule has 1 fully saturated rings. The van der Waals surface area contributed by atoms with Crippen LogP contribution in [0, 0.1) is 0 Å². The maximum absolute atomic E-state index is 11.7. The third-order valence-electron chi connectivity index (χ3n) is 4.97. The lowest BCUT2D eigenvalue weighted by Gasteiger charge is -2.32. The fraction of sp³-hybridized carbons (Fsp3) is 0.636. The molecule has 1 heterocycles. The second kappa shape index (κ2) is 13.2. The Morgan fingerprint density at radius 1 is 1.21 bits per heavy atom. The van der Waals surface area contributed by atoms with Gasteiger partial charge in [-0.05, 0) is 31.7 Å². The first kappa shape index (κ1) is 23.2. The fourth-order valence-corrected chi connectivity index (χ4v) is 3.23. The molecule has 1 saturated heterocycles. The Balaban J connectivity index is 1.58. The average Bonchev–Trinajstić information content (AvgIpc) is 2.73. The number of likely N-dealkylation sites (N-methyl/N-ethyl adjacent to an activating group) is 1. The SMILES string of the molecule is CCNC(=NCC(=O)N(C)C)NCCCOC1CCN(Cc2ccccc2)CC1. The zero-order valence-electron chi connectivity index (χ0n) is 18.2. The first-order valence-electron chi connectivity index (χ1n) is 10.7. The van der Waals surface area contributed by atoms with Crippen LogP contribution in [-0.2, 0) is 16.1 Å². The van der Waals surface area contributed by atoms with Gasteiger partial charge in [0, 0.05) is 53.4 Å². The third-order valence-corrected chi connectivity index (χ3v) is 4.97. The molecule has 0 aromatic heterocycles. The lowest BCUT2D eigenvalue weighted by atomic mass is 10.1. The molecule has 7 heteroatoms. The van der Waals surface area contributed by atoms with Crippen molar-refractivity contribution < 1.29 is 9.53 Å². The molecule has 1 aromatic carbocycles. The van der Waals surface area contributed by atoms with Crippen LogP contribution >= 0.6 is 0 Å². The highest BCUT2D eigenvalue weighted by Gasteiger charge is 2.19. The zero-order chi connectivity index (χ0) is 20.9. The number of aliphatic imine (C=N–C) groups is 1. The van der Waals surface area contributed by atoms with Crippen LogP contribution in [0.25, 0.3) is 0 Å². The third kappa shape index (κ3) is 9.28. The Morgan fingerprint density at radius 2 is 1.93 bits per heavy atom. The second-order valence-corrected chi connectivity index (χ2v) is 7.60. The van der Waals surface area contributed by atoms with E-state index >= 15 is 0 Å². The molecule has 1 aliphatic heterocycles. The number of nitrogens with one attached hydrogen (secondary N) is 2. The highest BCUT2D eigenvalue weighted by molar-refractivity contribution is 5.84. The number of rotatable bonds is 10. The van der Waals surface area contributed by atoms with Gasteiger partial charge in [0.05, 0.1) is 6.10 Å². The van der Waals surface area contributed by atoms with E-state index in [1.54, 1.807) is 19.0 Å². The monoisotopic (exact) mass is 403 g/mol. The summed E-state index contributed by atoms with van der Waals surface area (Å²) in [4.78, 5) is 20.0. The molecule has 0 radical (unpaired) electrons. The standard InChI is InChI=1S/C22H37N5O2/c1-4-23-22(25-17-21(28)26(2)3)24-13-8-16-29-20-11-14-27(15-12-20)18-19-9-6-5-7-10-19/h5-7,9-10,20H,4,8,11-18H2,1-3H3,(H2,23,24,25). The summed E-state index contributed by atoms with van der Waals surface area (Å²) in [6, 6.07) is 10.7. The summed E-state index contributed by atoms with van der Waals surface area (Å²) in [5.41, 5.74) is 1.38.